The highest BCUT2D eigenvalue weighted by Gasteiger charge is 2.28. The molecule has 0 spiro atoms. The van der Waals surface area contributed by atoms with Crippen molar-refractivity contribution in [3.05, 3.63) is 24.0 Å². The van der Waals surface area contributed by atoms with Gasteiger partial charge in [0.15, 0.2) is 5.78 Å². The second-order valence-electron chi connectivity index (χ2n) is 5.83. The number of carbonyl (C=O) groups excluding carboxylic acids is 1. The van der Waals surface area contributed by atoms with Crippen LogP contribution in [0.5, 0.6) is 5.75 Å². The number of carbonyl (C=O) groups is 1. The van der Waals surface area contributed by atoms with Crippen LogP contribution in [-0.2, 0) is 0 Å². The molecule has 2 rings (SSSR count). The molecule has 1 heterocycles. The quantitative estimate of drug-likeness (QED) is 0.775. The predicted octanol–water partition coefficient (Wildman–Crippen LogP) is 3.74. The number of ketones is 1. The molecule has 0 N–H and O–H groups in total. The number of pyridine rings is 1. The van der Waals surface area contributed by atoms with Gasteiger partial charge < -0.3 is 4.74 Å². The molecular formula is C16H23NO2. The molecule has 1 saturated carbocycles. The molecule has 0 aliphatic heterocycles. The van der Waals surface area contributed by atoms with Gasteiger partial charge >= 0.3 is 0 Å². The third-order valence-electron chi connectivity index (χ3n) is 4.32. The summed E-state index contributed by atoms with van der Waals surface area (Å²) in [4.78, 5) is 16.5. The van der Waals surface area contributed by atoms with E-state index in [-0.39, 0.29) is 11.7 Å². The van der Waals surface area contributed by atoms with Crippen molar-refractivity contribution in [3.63, 3.8) is 0 Å². The first-order valence-electron chi connectivity index (χ1n) is 7.15. The van der Waals surface area contributed by atoms with E-state index >= 15 is 0 Å². The Hall–Kier alpha value is -1.38. The van der Waals surface area contributed by atoms with Crippen LogP contribution in [0.4, 0.5) is 0 Å². The minimum Gasteiger partial charge on any atom is -0.495 e. The Labute approximate surface area is 115 Å². The summed E-state index contributed by atoms with van der Waals surface area (Å²) < 4.78 is 5.13. The highest BCUT2D eigenvalue weighted by molar-refractivity contribution is 5.97. The van der Waals surface area contributed by atoms with E-state index in [1.807, 2.05) is 0 Å². The van der Waals surface area contributed by atoms with E-state index < -0.39 is 0 Å². The topological polar surface area (TPSA) is 39.2 Å². The fourth-order valence-corrected chi connectivity index (χ4v) is 2.95. The van der Waals surface area contributed by atoms with E-state index in [4.69, 9.17) is 4.74 Å². The standard InChI is InChI=1S/C16H23NO2/c1-11(2)12-4-6-13(7-5-12)16(18)14-8-15(19-3)10-17-9-14/h8-13H,4-7H2,1-3H3. The van der Waals surface area contributed by atoms with Gasteiger partial charge in [-0.2, -0.15) is 0 Å². The first-order chi connectivity index (χ1) is 9.11. The molecule has 1 aliphatic rings. The van der Waals surface area contributed by atoms with Gasteiger partial charge in [0, 0.05) is 17.7 Å². The van der Waals surface area contributed by atoms with Gasteiger partial charge in [-0.05, 0) is 43.6 Å². The normalized spacial score (nSPS) is 23.4. The summed E-state index contributed by atoms with van der Waals surface area (Å²) in [5.41, 5.74) is 0.687. The molecule has 3 nitrogen and oxygen atoms in total. The maximum absolute atomic E-state index is 12.4. The Morgan fingerprint density at radius 2 is 1.95 bits per heavy atom. The fourth-order valence-electron chi connectivity index (χ4n) is 2.95. The predicted molar refractivity (Wildman–Crippen MR) is 75.4 cm³/mol. The third-order valence-corrected chi connectivity index (χ3v) is 4.32. The van der Waals surface area contributed by atoms with Crippen molar-refractivity contribution in [2.45, 2.75) is 39.5 Å². The molecule has 3 heteroatoms. The van der Waals surface area contributed by atoms with Crippen molar-refractivity contribution in [3.8, 4) is 5.75 Å². The zero-order valence-corrected chi connectivity index (χ0v) is 12.1. The number of ether oxygens (including phenoxy) is 1. The molecular weight excluding hydrogens is 238 g/mol. The smallest absolute Gasteiger partial charge is 0.167 e. The number of nitrogens with zero attached hydrogens (tertiary/aromatic N) is 1. The summed E-state index contributed by atoms with van der Waals surface area (Å²) in [7, 11) is 1.60. The zero-order chi connectivity index (χ0) is 13.8. The summed E-state index contributed by atoms with van der Waals surface area (Å²) in [6.07, 6.45) is 7.65. The van der Waals surface area contributed by atoms with E-state index in [1.165, 1.54) is 12.8 Å². The number of Topliss-reactive ketones (excluding diaryl/α,β-unsaturated/α-hetero) is 1. The van der Waals surface area contributed by atoms with E-state index in [0.717, 1.165) is 24.7 Å². The summed E-state index contributed by atoms with van der Waals surface area (Å²) in [6, 6.07) is 1.80. The molecule has 0 atom stereocenters. The SMILES string of the molecule is COc1cncc(C(=O)C2CCC(C(C)C)CC2)c1. The molecule has 0 saturated heterocycles. The van der Waals surface area contributed by atoms with E-state index in [2.05, 4.69) is 18.8 Å². The van der Waals surface area contributed by atoms with E-state index in [0.29, 0.717) is 11.3 Å². The van der Waals surface area contributed by atoms with Crippen LogP contribution in [0.25, 0.3) is 0 Å². The Kier molecular flexibility index (Phi) is 4.56. The molecule has 1 fully saturated rings. The first kappa shape index (κ1) is 14.0. The highest BCUT2D eigenvalue weighted by Crippen LogP contribution is 2.34. The van der Waals surface area contributed by atoms with Gasteiger partial charge in [-0.25, -0.2) is 0 Å². The molecule has 19 heavy (non-hydrogen) atoms. The summed E-state index contributed by atoms with van der Waals surface area (Å²) in [5, 5.41) is 0. The molecule has 1 aliphatic carbocycles. The minimum absolute atomic E-state index is 0.170. The van der Waals surface area contributed by atoms with Crippen molar-refractivity contribution in [1.82, 2.24) is 4.98 Å². The van der Waals surface area contributed by atoms with Crippen LogP contribution >= 0.6 is 0 Å². The van der Waals surface area contributed by atoms with Gasteiger partial charge in [0.1, 0.15) is 5.75 Å². The van der Waals surface area contributed by atoms with Gasteiger partial charge in [-0.1, -0.05) is 13.8 Å². The lowest BCUT2D eigenvalue weighted by atomic mass is 9.75. The molecule has 0 aromatic carbocycles. The Balaban J connectivity index is 2.01. The maximum Gasteiger partial charge on any atom is 0.167 e. The van der Waals surface area contributed by atoms with Gasteiger partial charge in [0.2, 0.25) is 0 Å². The Bertz CT molecular complexity index is 434. The molecule has 1 aromatic heterocycles. The van der Waals surface area contributed by atoms with Gasteiger partial charge in [0.05, 0.1) is 13.3 Å². The lowest BCUT2D eigenvalue weighted by molar-refractivity contribution is 0.0858. The van der Waals surface area contributed by atoms with Crippen LogP contribution < -0.4 is 4.74 Å². The van der Waals surface area contributed by atoms with Gasteiger partial charge in [-0.3, -0.25) is 9.78 Å². The molecule has 1 aromatic rings. The van der Waals surface area contributed by atoms with Crippen molar-refractivity contribution in [2.24, 2.45) is 17.8 Å². The summed E-state index contributed by atoms with van der Waals surface area (Å²) in [6.45, 7) is 4.55. The molecule has 0 bridgehead atoms. The fraction of sp³-hybridized carbons (Fsp3) is 0.625. The number of rotatable bonds is 4. The molecule has 0 radical (unpaired) electrons. The van der Waals surface area contributed by atoms with Gasteiger partial charge in [-0.15, -0.1) is 0 Å². The Morgan fingerprint density at radius 3 is 2.53 bits per heavy atom. The first-order valence-corrected chi connectivity index (χ1v) is 7.15. The average Bonchev–Trinajstić information content (AvgIpc) is 2.46. The van der Waals surface area contributed by atoms with E-state index in [9.17, 15) is 4.79 Å². The van der Waals surface area contributed by atoms with Gasteiger partial charge in [0.25, 0.3) is 0 Å². The lowest BCUT2D eigenvalue weighted by Gasteiger charge is -2.30. The lowest BCUT2D eigenvalue weighted by Crippen LogP contribution is -2.24. The van der Waals surface area contributed by atoms with Crippen molar-refractivity contribution in [1.29, 1.82) is 0 Å². The zero-order valence-electron chi connectivity index (χ0n) is 12.1. The number of aromatic nitrogens is 1. The van der Waals surface area contributed by atoms with Crippen molar-refractivity contribution in [2.75, 3.05) is 7.11 Å². The number of methoxy groups -OCH3 is 1. The van der Waals surface area contributed by atoms with Crippen LogP contribution in [0.15, 0.2) is 18.5 Å². The van der Waals surface area contributed by atoms with Crippen LogP contribution in [0.3, 0.4) is 0 Å². The van der Waals surface area contributed by atoms with Crippen molar-refractivity contribution >= 4 is 5.78 Å². The van der Waals surface area contributed by atoms with Crippen molar-refractivity contribution < 1.29 is 9.53 Å². The third kappa shape index (κ3) is 3.34. The summed E-state index contributed by atoms with van der Waals surface area (Å²) in [5.74, 6) is 2.57. The maximum atomic E-state index is 12.4. The number of hydrogen-bond donors (Lipinski definition) is 0. The van der Waals surface area contributed by atoms with E-state index in [1.54, 1.807) is 25.6 Å². The van der Waals surface area contributed by atoms with Crippen LogP contribution in [-0.4, -0.2) is 17.9 Å². The molecule has 0 amide bonds. The average molecular weight is 261 g/mol. The highest BCUT2D eigenvalue weighted by atomic mass is 16.5. The second kappa shape index (κ2) is 6.18. The van der Waals surface area contributed by atoms with Crippen LogP contribution in [0.2, 0.25) is 0 Å². The molecule has 104 valence electrons. The second-order valence-corrected chi connectivity index (χ2v) is 5.83. The van der Waals surface area contributed by atoms with Crippen LogP contribution in [0.1, 0.15) is 49.9 Å². The van der Waals surface area contributed by atoms with Crippen LogP contribution in [0, 0.1) is 17.8 Å². The number of hydrogen-bond acceptors (Lipinski definition) is 3. The Morgan fingerprint density at radius 1 is 1.26 bits per heavy atom. The summed E-state index contributed by atoms with van der Waals surface area (Å²) >= 11 is 0. The molecule has 0 unspecified atom stereocenters. The monoisotopic (exact) mass is 261 g/mol. The minimum atomic E-state index is 0.170. The largest absolute Gasteiger partial charge is 0.495 e.